The van der Waals surface area contributed by atoms with E-state index in [4.69, 9.17) is 0 Å². The second-order valence-corrected chi connectivity index (χ2v) is 13.6. The van der Waals surface area contributed by atoms with Crippen LogP contribution in [0, 0.1) is 20.8 Å². The number of hydrogen-bond donors (Lipinski definition) is 0. The third kappa shape index (κ3) is 4.20. The van der Waals surface area contributed by atoms with Gasteiger partial charge in [-0.1, -0.05) is 78.9 Å². The molecular weight excluding hydrogens is 593 g/mol. The highest BCUT2D eigenvalue weighted by molar-refractivity contribution is 6.13. The predicted octanol–water partition coefficient (Wildman–Crippen LogP) is 13.1. The number of para-hydroxylation sites is 3. The molecule has 0 radical (unpaired) electrons. The molecule has 2 heteroatoms. The van der Waals surface area contributed by atoms with Crippen molar-refractivity contribution in [2.45, 2.75) is 20.8 Å². The Kier molecular flexibility index (Phi) is 5.95. The van der Waals surface area contributed by atoms with Gasteiger partial charge < -0.3 is 9.47 Å². The lowest BCUT2D eigenvalue weighted by Gasteiger charge is -2.30. The van der Waals surface area contributed by atoms with Crippen molar-refractivity contribution in [1.82, 2.24) is 4.57 Å². The Labute approximate surface area is 286 Å². The van der Waals surface area contributed by atoms with Gasteiger partial charge in [0.05, 0.1) is 11.0 Å². The maximum atomic E-state index is 2.42. The highest BCUT2D eigenvalue weighted by Gasteiger charge is 2.25. The van der Waals surface area contributed by atoms with E-state index in [-0.39, 0.29) is 0 Å². The average molecular weight is 627 g/mol. The lowest BCUT2D eigenvalue weighted by atomic mass is 9.78. The molecule has 1 aromatic heterocycles. The number of benzene rings is 8. The van der Waals surface area contributed by atoms with Crippen LogP contribution in [-0.2, 0) is 0 Å². The summed E-state index contributed by atoms with van der Waals surface area (Å²) in [6.07, 6.45) is 0. The van der Waals surface area contributed by atoms with Gasteiger partial charge in [0.15, 0.2) is 0 Å². The molecule has 232 valence electrons. The molecule has 0 amide bonds. The van der Waals surface area contributed by atoms with Crippen LogP contribution in [0.3, 0.4) is 0 Å². The van der Waals surface area contributed by atoms with Crippen LogP contribution in [0.2, 0.25) is 0 Å². The summed E-state index contributed by atoms with van der Waals surface area (Å²) in [7, 11) is 0. The molecule has 1 heterocycles. The largest absolute Gasteiger partial charge is 0.310 e. The van der Waals surface area contributed by atoms with E-state index in [2.05, 4.69) is 182 Å². The minimum atomic E-state index is 1.17. The molecule has 2 nitrogen and oxygen atoms in total. The normalized spacial score (nSPS) is 12.0. The molecule has 1 aliphatic rings. The quantitative estimate of drug-likeness (QED) is 0.189. The zero-order valence-electron chi connectivity index (χ0n) is 27.8. The van der Waals surface area contributed by atoms with Crippen LogP contribution >= 0.6 is 0 Å². The van der Waals surface area contributed by atoms with E-state index in [1.54, 1.807) is 0 Å². The number of anilines is 3. The van der Waals surface area contributed by atoms with E-state index < -0.39 is 0 Å². The SMILES string of the molecule is Cc1ccc(C)c(N(c2ccc3cc4c(cc3c2)-c2cc3cc(-n5c6ccccc6c6ccccc65)ccc3cc2-4)c2ccccc2C)c1. The summed E-state index contributed by atoms with van der Waals surface area (Å²) in [6, 6.07) is 56.3. The van der Waals surface area contributed by atoms with Crippen molar-refractivity contribution in [2.75, 3.05) is 4.90 Å². The van der Waals surface area contributed by atoms with E-state index in [9.17, 15) is 0 Å². The van der Waals surface area contributed by atoms with Gasteiger partial charge in [0.1, 0.15) is 0 Å². The number of aromatic nitrogens is 1. The molecular formula is C47H34N2. The van der Waals surface area contributed by atoms with Gasteiger partial charge in [0.2, 0.25) is 0 Å². The fraction of sp³-hybridized carbons (Fsp3) is 0.0638. The Morgan fingerprint density at radius 2 is 0.959 bits per heavy atom. The molecule has 49 heavy (non-hydrogen) atoms. The van der Waals surface area contributed by atoms with E-state index in [0.29, 0.717) is 0 Å². The monoisotopic (exact) mass is 626 g/mol. The maximum absolute atomic E-state index is 2.42. The fourth-order valence-corrected chi connectivity index (χ4v) is 8.06. The molecule has 0 atom stereocenters. The summed E-state index contributed by atoms with van der Waals surface area (Å²) in [5, 5.41) is 7.62. The van der Waals surface area contributed by atoms with Gasteiger partial charge in [-0.05, 0) is 154 Å². The third-order valence-corrected chi connectivity index (χ3v) is 10.6. The maximum Gasteiger partial charge on any atom is 0.0541 e. The molecule has 8 aromatic carbocycles. The zero-order chi connectivity index (χ0) is 32.8. The second-order valence-electron chi connectivity index (χ2n) is 13.6. The Bertz CT molecular complexity index is 2760. The first kappa shape index (κ1) is 27.9. The molecule has 0 aliphatic heterocycles. The van der Waals surface area contributed by atoms with Gasteiger partial charge in [0.25, 0.3) is 0 Å². The van der Waals surface area contributed by atoms with E-state index in [1.807, 2.05) is 0 Å². The molecule has 9 aromatic rings. The molecule has 0 fully saturated rings. The van der Waals surface area contributed by atoms with E-state index in [1.165, 1.54) is 105 Å². The summed E-state index contributed by atoms with van der Waals surface area (Å²) in [4.78, 5) is 2.42. The van der Waals surface area contributed by atoms with Crippen molar-refractivity contribution in [3.05, 3.63) is 168 Å². The Balaban J connectivity index is 1.10. The average Bonchev–Trinajstić information content (AvgIpc) is 3.47. The van der Waals surface area contributed by atoms with E-state index >= 15 is 0 Å². The van der Waals surface area contributed by atoms with Crippen LogP contribution in [-0.4, -0.2) is 4.57 Å². The molecule has 10 rings (SSSR count). The molecule has 0 spiro atoms. The first-order valence-electron chi connectivity index (χ1n) is 17.1. The smallest absolute Gasteiger partial charge is 0.0541 e. The summed E-state index contributed by atoms with van der Waals surface area (Å²) in [6.45, 7) is 6.58. The summed E-state index contributed by atoms with van der Waals surface area (Å²) >= 11 is 0. The van der Waals surface area contributed by atoms with Gasteiger partial charge in [-0.2, -0.15) is 0 Å². The van der Waals surface area contributed by atoms with Gasteiger partial charge in [-0.15, -0.1) is 0 Å². The molecule has 0 unspecified atom stereocenters. The van der Waals surface area contributed by atoms with Crippen LogP contribution in [0.5, 0.6) is 0 Å². The summed E-state index contributed by atoms with van der Waals surface area (Å²) < 4.78 is 2.41. The predicted molar refractivity (Wildman–Crippen MR) is 209 cm³/mol. The van der Waals surface area contributed by atoms with Crippen molar-refractivity contribution in [3.63, 3.8) is 0 Å². The number of fused-ring (bicyclic) bond motifs is 9. The standard InChI is InChI=1S/C47H34N2/c1-29-16-17-31(3)47(22-29)48(44-13-7-4-10-30(44)2)36-20-18-32-25-40-41-26-33-19-21-37(24-35(33)28-43(41)42(40)27-34(32)23-36)49-45-14-8-5-11-38(45)39-12-6-9-15-46(39)49/h4-28H,1-3H3. The third-order valence-electron chi connectivity index (χ3n) is 10.6. The first-order chi connectivity index (χ1) is 24.0. The minimum absolute atomic E-state index is 1.17. The summed E-state index contributed by atoms with van der Waals surface area (Å²) in [5.41, 5.74) is 16.4. The van der Waals surface area contributed by atoms with Crippen molar-refractivity contribution < 1.29 is 0 Å². The Hall–Kier alpha value is -6.12. The van der Waals surface area contributed by atoms with Gasteiger partial charge in [-0.3, -0.25) is 0 Å². The van der Waals surface area contributed by atoms with Gasteiger partial charge >= 0.3 is 0 Å². The minimum Gasteiger partial charge on any atom is -0.310 e. The highest BCUT2D eigenvalue weighted by atomic mass is 15.1. The molecule has 0 bridgehead atoms. The van der Waals surface area contributed by atoms with E-state index in [0.717, 1.165) is 0 Å². The topological polar surface area (TPSA) is 8.17 Å². The van der Waals surface area contributed by atoms with Crippen LogP contribution < -0.4 is 4.90 Å². The molecule has 1 aliphatic carbocycles. The van der Waals surface area contributed by atoms with Crippen LogP contribution in [0.1, 0.15) is 16.7 Å². The van der Waals surface area contributed by atoms with Crippen molar-refractivity contribution >= 4 is 60.4 Å². The van der Waals surface area contributed by atoms with Crippen molar-refractivity contribution in [3.8, 4) is 27.9 Å². The Morgan fingerprint density at radius 3 is 1.63 bits per heavy atom. The van der Waals surface area contributed by atoms with Crippen molar-refractivity contribution in [1.29, 1.82) is 0 Å². The van der Waals surface area contributed by atoms with Gasteiger partial charge in [-0.25, -0.2) is 0 Å². The molecule has 0 N–H and O–H groups in total. The molecule has 0 saturated carbocycles. The zero-order valence-corrected chi connectivity index (χ0v) is 27.8. The lowest BCUT2D eigenvalue weighted by molar-refractivity contribution is 1.19. The first-order valence-corrected chi connectivity index (χ1v) is 17.1. The number of rotatable bonds is 4. The Morgan fingerprint density at radius 1 is 0.408 bits per heavy atom. The number of nitrogens with zero attached hydrogens (tertiary/aromatic N) is 2. The summed E-state index contributed by atoms with van der Waals surface area (Å²) in [5.74, 6) is 0. The number of aryl methyl sites for hydroxylation is 3. The molecule has 0 saturated heterocycles. The van der Waals surface area contributed by atoms with Gasteiger partial charge in [0, 0.05) is 33.5 Å². The van der Waals surface area contributed by atoms with Crippen LogP contribution in [0.4, 0.5) is 17.1 Å². The second kappa shape index (κ2) is 10.4. The van der Waals surface area contributed by atoms with Crippen LogP contribution in [0.15, 0.2) is 152 Å². The fourth-order valence-electron chi connectivity index (χ4n) is 8.06. The van der Waals surface area contributed by atoms with Crippen LogP contribution in [0.25, 0.3) is 71.3 Å². The highest BCUT2D eigenvalue weighted by Crippen LogP contribution is 2.51. The lowest BCUT2D eigenvalue weighted by Crippen LogP contribution is -2.13. The van der Waals surface area contributed by atoms with Crippen molar-refractivity contribution in [2.24, 2.45) is 0 Å². The number of hydrogen-bond acceptors (Lipinski definition) is 1.